The maximum atomic E-state index is 13.0. The molecule has 1 amide bonds. The minimum Gasteiger partial charge on any atom is -0.394 e. The Kier molecular flexibility index (Phi) is 34.2. The molecule has 0 aromatic rings. The van der Waals surface area contributed by atoms with E-state index in [4.69, 9.17) is 9.47 Å². The number of ether oxygens (including phenoxy) is 2. The van der Waals surface area contributed by atoms with Crippen LogP contribution in [0.25, 0.3) is 0 Å². The van der Waals surface area contributed by atoms with Crippen LogP contribution in [-0.4, -0.2) is 110 Å². The lowest BCUT2D eigenvalue weighted by Crippen LogP contribution is -2.60. The van der Waals surface area contributed by atoms with E-state index in [0.29, 0.717) is 19.3 Å². The molecule has 334 valence electrons. The number of hydrogen-bond acceptors (Lipinski definition) is 10. The third-order valence-electron chi connectivity index (χ3n) is 11.7. The fourth-order valence-electron chi connectivity index (χ4n) is 7.74. The lowest BCUT2D eigenvalue weighted by Gasteiger charge is -2.40. The number of carbonyl (C=O) groups is 1. The molecule has 0 bridgehead atoms. The molecule has 56 heavy (non-hydrogen) atoms. The molecule has 0 aliphatic carbocycles. The first-order valence-corrected chi connectivity index (χ1v) is 23.4. The van der Waals surface area contributed by atoms with E-state index in [1.54, 1.807) is 0 Å². The number of aliphatic hydroxyl groups is 7. The molecule has 1 heterocycles. The number of amides is 1. The zero-order valence-electron chi connectivity index (χ0n) is 35.9. The zero-order valence-corrected chi connectivity index (χ0v) is 35.9. The van der Waals surface area contributed by atoms with Gasteiger partial charge in [-0.25, -0.2) is 0 Å². The number of aliphatic hydroxyl groups excluding tert-OH is 7. The van der Waals surface area contributed by atoms with Crippen LogP contribution < -0.4 is 5.32 Å². The summed E-state index contributed by atoms with van der Waals surface area (Å²) in [4.78, 5) is 13.0. The summed E-state index contributed by atoms with van der Waals surface area (Å²) >= 11 is 0. The van der Waals surface area contributed by atoms with Gasteiger partial charge < -0.3 is 50.5 Å². The maximum absolute atomic E-state index is 13.0. The molecule has 9 unspecified atom stereocenters. The van der Waals surface area contributed by atoms with E-state index in [-0.39, 0.29) is 6.42 Å². The number of rotatable bonds is 39. The van der Waals surface area contributed by atoms with Crippen molar-refractivity contribution in [2.75, 3.05) is 13.2 Å². The number of hydrogen-bond donors (Lipinski definition) is 8. The van der Waals surface area contributed by atoms with Gasteiger partial charge in [0.1, 0.15) is 36.6 Å². The van der Waals surface area contributed by atoms with Crippen molar-refractivity contribution in [3.8, 4) is 0 Å². The molecule has 1 rings (SSSR count). The second-order valence-electron chi connectivity index (χ2n) is 16.8. The molecular weight excluding hydrogens is 714 g/mol. The predicted octanol–water partition coefficient (Wildman–Crippen LogP) is 7.50. The standard InChI is InChI=1S/C45H89NO10/c1-3-5-7-9-11-13-14-15-16-17-18-19-20-21-22-23-24-25-27-28-30-32-37(48)40(50)36(35-55-45-43(53)42(52)41(51)39(34-47)56-45)46-44(54)38(49)33-31-29-26-12-10-8-6-4-2/h36-43,45,47-53H,3-35H2,1-2H3,(H,46,54). The summed E-state index contributed by atoms with van der Waals surface area (Å²) in [5, 5.41) is 75.4. The van der Waals surface area contributed by atoms with Gasteiger partial charge in [0.05, 0.1) is 25.4 Å². The molecule has 0 spiro atoms. The Morgan fingerprint density at radius 2 is 0.929 bits per heavy atom. The van der Waals surface area contributed by atoms with E-state index in [0.717, 1.165) is 38.5 Å². The summed E-state index contributed by atoms with van der Waals surface area (Å²) in [6.45, 7) is 3.41. The summed E-state index contributed by atoms with van der Waals surface area (Å²) in [5.74, 6) is -0.698. The summed E-state index contributed by atoms with van der Waals surface area (Å²) in [6.07, 6.45) is 24.6. The SMILES string of the molecule is CCCCCCCCCCCCCCCCCCCCCCCC(O)C(O)C(COC1OC(CO)C(O)C(O)C1O)NC(=O)C(O)CCCCCCCCCC. The van der Waals surface area contributed by atoms with Crippen LogP contribution in [0.5, 0.6) is 0 Å². The fourth-order valence-corrected chi connectivity index (χ4v) is 7.74. The highest BCUT2D eigenvalue weighted by Gasteiger charge is 2.44. The van der Waals surface area contributed by atoms with Crippen molar-refractivity contribution >= 4 is 5.91 Å². The highest BCUT2D eigenvalue weighted by Crippen LogP contribution is 2.23. The molecule has 11 nitrogen and oxygen atoms in total. The molecule has 1 aliphatic heterocycles. The molecule has 1 aliphatic rings. The Bertz CT molecular complexity index is 882. The van der Waals surface area contributed by atoms with Crippen LogP contribution in [-0.2, 0) is 14.3 Å². The first-order chi connectivity index (χ1) is 27.2. The molecular formula is C45H89NO10. The Morgan fingerprint density at radius 3 is 1.32 bits per heavy atom. The fraction of sp³-hybridized carbons (Fsp3) is 0.978. The van der Waals surface area contributed by atoms with Crippen LogP contribution in [0.2, 0.25) is 0 Å². The lowest BCUT2D eigenvalue weighted by molar-refractivity contribution is -0.303. The highest BCUT2D eigenvalue weighted by atomic mass is 16.7. The second kappa shape index (κ2) is 36.0. The van der Waals surface area contributed by atoms with E-state index in [9.17, 15) is 40.5 Å². The van der Waals surface area contributed by atoms with Crippen molar-refractivity contribution in [2.24, 2.45) is 0 Å². The van der Waals surface area contributed by atoms with Gasteiger partial charge in [-0.3, -0.25) is 4.79 Å². The van der Waals surface area contributed by atoms with Crippen LogP contribution in [0.3, 0.4) is 0 Å². The third kappa shape index (κ3) is 25.6. The normalized spacial score (nSPS) is 22.2. The third-order valence-corrected chi connectivity index (χ3v) is 11.7. The minimum absolute atomic E-state index is 0.263. The quantitative estimate of drug-likeness (QED) is 0.0289. The number of carbonyl (C=O) groups excluding carboxylic acids is 1. The van der Waals surface area contributed by atoms with Crippen LogP contribution in [0.1, 0.15) is 213 Å². The molecule has 1 saturated heterocycles. The van der Waals surface area contributed by atoms with E-state index in [1.165, 1.54) is 135 Å². The van der Waals surface area contributed by atoms with E-state index < -0.39 is 74.2 Å². The van der Waals surface area contributed by atoms with Gasteiger partial charge in [-0.1, -0.05) is 200 Å². The van der Waals surface area contributed by atoms with Crippen molar-refractivity contribution in [3.05, 3.63) is 0 Å². The number of unbranched alkanes of at least 4 members (excludes halogenated alkanes) is 27. The predicted molar refractivity (Wildman–Crippen MR) is 224 cm³/mol. The van der Waals surface area contributed by atoms with Crippen molar-refractivity contribution in [1.82, 2.24) is 5.32 Å². The van der Waals surface area contributed by atoms with Gasteiger partial charge in [-0.2, -0.15) is 0 Å². The molecule has 9 atom stereocenters. The van der Waals surface area contributed by atoms with Crippen molar-refractivity contribution in [1.29, 1.82) is 0 Å². The molecule has 1 fully saturated rings. The lowest BCUT2D eigenvalue weighted by atomic mass is 9.98. The maximum Gasteiger partial charge on any atom is 0.249 e. The molecule has 11 heteroatoms. The van der Waals surface area contributed by atoms with Gasteiger partial charge in [-0.15, -0.1) is 0 Å². The highest BCUT2D eigenvalue weighted by molar-refractivity contribution is 5.80. The van der Waals surface area contributed by atoms with Crippen LogP contribution in [0.15, 0.2) is 0 Å². The van der Waals surface area contributed by atoms with Crippen LogP contribution in [0.4, 0.5) is 0 Å². The van der Waals surface area contributed by atoms with Gasteiger partial charge in [0.15, 0.2) is 6.29 Å². The first kappa shape index (κ1) is 53.1. The van der Waals surface area contributed by atoms with Gasteiger partial charge in [0.2, 0.25) is 5.91 Å². The minimum atomic E-state index is -1.65. The summed E-state index contributed by atoms with van der Waals surface area (Å²) in [7, 11) is 0. The average molecular weight is 804 g/mol. The second-order valence-corrected chi connectivity index (χ2v) is 16.8. The van der Waals surface area contributed by atoms with Crippen LogP contribution >= 0.6 is 0 Å². The van der Waals surface area contributed by atoms with E-state index in [2.05, 4.69) is 19.2 Å². The van der Waals surface area contributed by atoms with Crippen molar-refractivity contribution < 1.29 is 50.0 Å². The smallest absolute Gasteiger partial charge is 0.249 e. The molecule has 0 saturated carbocycles. The first-order valence-electron chi connectivity index (χ1n) is 23.4. The molecule has 8 N–H and O–H groups in total. The van der Waals surface area contributed by atoms with E-state index >= 15 is 0 Å². The Hall–Kier alpha value is -0.890. The molecule has 0 radical (unpaired) electrons. The summed E-state index contributed by atoms with van der Waals surface area (Å²) in [6, 6.07) is -1.16. The van der Waals surface area contributed by atoms with Gasteiger partial charge >= 0.3 is 0 Å². The summed E-state index contributed by atoms with van der Waals surface area (Å²) < 4.78 is 11.1. The Morgan fingerprint density at radius 1 is 0.554 bits per heavy atom. The topological polar surface area (TPSA) is 189 Å². The Balaban J connectivity index is 2.35. The van der Waals surface area contributed by atoms with Gasteiger partial charge in [0.25, 0.3) is 0 Å². The molecule has 0 aromatic heterocycles. The van der Waals surface area contributed by atoms with Gasteiger partial charge in [-0.05, 0) is 12.8 Å². The Labute approximate surface area is 341 Å². The van der Waals surface area contributed by atoms with Crippen LogP contribution in [0, 0.1) is 0 Å². The zero-order chi connectivity index (χ0) is 41.2. The van der Waals surface area contributed by atoms with Crippen molar-refractivity contribution in [3.63, 3.8) is 0 Å². The monoisotopic (exact) mass is 804 g/mol. The molecule has 0 aromatic carbocycles. The summed E-state index contributed by atoms with van der Waals surface area (Å²) in [5.41, 5.74) is 0. The number of nitrogens with one attached hydrogen (secondary N) is 1. The largest absolute Gasteiger partial charge is 0.394 e. The van der Waals surface area contributed by atoms with E-state index in [1.807, 2.05) is 0 Å². The van der Waals surface area contributed by atoms with Gasteiger partial charge in [0, 0.05) is 0 Å². The van der Waals surface area contributed by atoms with Crippen molar-refractivity contribution in [2.45, 2.75) is 268 Å². The average Bonchev–Trinajstić information content (AvgIpc) is 3.20.